The van der Waals surface area contributed by atoms with Crippen molar-refractivity contribution in [2.45, 2.75) is 0 Å². The van der Waals surface area contributed by atoms with Crippen LogP contribution in [-0.2, 0) is 0 Å². The van der Waals surface area contributed by atoms with Crippen molar-refractivity contribution in [2.75, 3.05) is 29.5 Å². The zero-order chi connectivity index (χ0) is 24.1. The van der Waals surface area contributed by atoms with E-state index in [1.165, 1.54) is 12.1 Å². The molecule has 0 aliphatic rings. The van der Waals surface area contributed by atoms with Crippen LogP contribution in [0.3, 0.4) is 0 Å². The summed E-state index contributed by atoms with van der Waals surface area (Å²) >= 11 is 12.5. The van der Waals surface area contributed by atoms with E-state index in [1.54, 1.807) is 30.7 Å². The topological polar surface area (TPSA) is 145 Å². The van der Waals surface area contributed by atoms with Gasteiger partial charge in [-0.05, 0) is 42.0 Å². The number of benzene rings is 1. The van der Waals surface area contributed by atoms with Crippen molar-refractivity contribution in [1.82, 2.24) is 19.9 Å². The molecule has 0 amide bonds. The second-order valence-corrected chi connectivity index (χ2v) is 7.87. The van der Waals surface area contributed by atoms with Gasteiger partial charge in [0.1, 0.15) is 5.82 Å². The highest BCUT2D eigenvalue weighted by Gasteiger charge is 2.15. The Labute approximate surface area is 204 Å². The largest absolute Gasteiger partial charge is 0.378 e. The molecule has 0 unspecified atom stereocenters. The van der Waals surface area contributed by atoms with Crippen LogP contribution in [0.5, 0.6) is 0 Å². The number of nitrogens with zero attached hydrogens (tertiary/aromatic N) is 5. The first-order valence-electron chi connectivity index (χ1n) is 10.0. The number of pyridine rings is 2. The van der Waals surface area contributed by atoms with Gasteiger partial charge < -0.3 is 16.4 Å². The lowest BCUT2D eigenvalue weighted by Gasteiger charge is -2.13. The van der Waals surface area contributed by atoms with E-state index in [0.717, 1.165) is 11.1 Å². The molecule has 4 N–H and O–H groups in total. The fourth-order valence-electron chi connectivity index (χ4n) is 3.18. The highest BCUT2D eigenvalue weighted by atomic mass is 35.5. The van der Waals surface area contributed by atoms with E-state index in [1.807, 2.05) is 18.2 Å². The Balaban J connectivity index is 1.52. The van der Waals surface area contributed by atoms with E-state index in [0.29, 0.717) is 46.2 Å². The smallest absolute Gasteiger partial charge is 0.311 e. The van der Waals surface area contributed by atoms with Crippen molar-refractivity contribution >= 4 is 46.5 Å². The maximum atomic E-state index is 10.9. The zero-order valence-corrected chi connectivity index (χ0v) is 19.1. The molecule has 1 aromatic carbocycles. The predicted molar refractivity (Wildman–Crippen MR) is 133 cm³/mol. The Bertz CT molecular complexity index is 1340. The van der Waals surface area contributed by atoms with Gasteiger partial charge in [-0.15, -0.1) is 0 Å². The molecule has 3 aromatic heterocycles. The molecule has 0 saturated carbocycles. The average molecular weight is 497 g/mol. The number of halogens is 2. The number of nitrogens with one attached hydrogen (secondary N) is 2. The Morgan fingerprint density at radius 2 is 1.74 bits per heavy atom. The molecule has 172 valence electrons. The van der Waals surface area contributed by atoms with E-state index in [-0.39, 0.29) is 11.5 Å². The number of nitrogens with two attached hydrogens (primary N) is 1. The SMILES string of the molecule is Nc1nc(NCCNc2ncc(-c3ccncc3)c(-c3ccc(Cl)cc3Cl)n2)ccc1[N+](=O)[O-]. The first-order chi connectivity index (χ1) is 16.4. The van der Waals surface area contributed by atoms with Crippen LogP contribution in [0.4, 0.5) is 23.3 Å². The van der Waals surface area contributed by atoms with E-state index in [4.69, 9.17) is 33.9 Å². The summed E-state index contributed by atoms with van der Waals surface area (Å²) in [6.07, 6.45) is 5.11. The summed E-state index contributed by atoms with van der Waals surface area (Å²) in [4.78, 5) is 27.5. The summed E-state index contributed by atoms with van der Waals surface area (Å²) in [5, 5.41) is 18.0. The molecule has 0 aliphatic carbocycles. The van der Waals surface area contributed by atoms with Crippen LogP contribution in [0, 0.1) is 10.1 Å². The molecule has 10 nitrogen and oxygen atoms in total. The average Bonchev–Trinajstić information content (AvgIpc) is 2.82. The highest BCUT2D eigenvalue weighted by molar-refractivity contribution is 6.36. The van der Waals surface area contributed by atoms with Gasteiger partial charge in [0.15, 0.2) is 0 Å². The number of hydrogen-bond donors (Lipinski definition) is 3. The third kappa shape index (κ3) is 5.30. The van der Waals surface area contributed by atoms with Crippen molar-refractivity contribution in [2.24, 2.45) is 0 Å². The third-order valence-electron chi connectivity index (χ3n) is 4.78. The van der Waals surface area contributed by atoms with Crippen LogP contribution < -0.4 is 16.4 Å². The summed E-state index contributed by atoms with van der Waals surface area (Å²) in [6.45, 7) is 0.887. The number of nitrogen functional groups attached to an aromatic ring is 1. The van der Waals surface area contributed by atoms with Gasteiger partial charge in [-0.25, -0.2) is 15.0 Å². The van der Waals surface area contributed by atoms with Gasteiger partial charge in [-0.3, -0.25) is 15.1 Å². The monoisotopic (exact) mass is 496 g/mol. The van der Waals surface area contributed by atoms with E-state index in [2.05, 4.69) is 25.6 Å². The standard InChI is InChI=1S/C22H18Cl2N8O2/c23-14-1-2-15(17(24)11-14)20-16(13-5-7-26-8-6-13)12-29-22(31-20)28-10-9-27-19-4-3-18(32(33)34)21(25)30-19/h1-8,11-12H,9-10H2,(H3,25,27,30)(H,28,29,31). The lowest BCUT2D eigenvalue weighted by Crippen LogP contribution is -2.16. The Morgan fingerprint density at radius 1 is 0.971 bits per heavy atom. The molecular weight excluding hydrogens is 479 g/mol. The fourth-order valence-corrected chi connectivity index (χ4v) is 3.68. The minimum atomic E-state index is -0.578. The molecule has 3 heterocycles. The quantitative estimate of drug-likeness (QED) is 0.175. The first kappa shape index (κ1) is 23.1. The fraction of sp³-hybridized carbons (Fsp3) is 0.0909. The van der Waals surface area contributed by atoms with Crippen LogP contribution in [0.2, 0.25) is 10.0 Å². The van der Waals surface area contributed by atoms with Crippen LogP contribution >= 0.6 is 23.2 Å². The van der Waals surface area contributed by atoms with Crippen LogP contribution in [0.1, 0.15) is 0 Å². The highest BCUT2D eigenvalue weighted by Crippen LogP contribution is 2.35. The van der Waals surface area contributed by atoms with Crippen molar-refractivity contribution in [1.29, 1.82) is 0 Å². The molecule has 0 spiro atoms. The Morgan fingerprint density at radius 3 is 2.44 bits per heavy atom. The number of aromatic nitrogens is 4. The molecular formula is C22H18Cl2N8O2. The molecule has 4 rings (SSSR count). The van der Waals surface area contributed by atoms with Crippen LogP contribution in [0.15, 0.2) is 61.1 Å². The molecule has 12 heteroatoms. The van der Waals surface area contributed by atoms with Gasteiger partial charge in [0.25, 0.3) is 0 Å². The second kappa shape index (κ2) is 10.3. The van der Waals surface area contributed by atoms with Gasteiger partial charge in [0.2, 0.25) is 11.8 Å². The molecule has 0 atom stereocenters. The minimum absolute atomic E-state index is 0.150. The number of nitro groups is 1. The summed E-state index contributed by atoms with van der Waals surface area (Å²) in [6, 6.07) is 11.8. The zero-order valence-electron chi connectivity index (χ0n) is 17.6. The molecule has 0 bridgehead atoms. The number of rotatable bonds is 8. The Kier molecular flexibility index (Phi) is 7.00. The normalized spacial score (nSPS) is 10.6. The molecule has 4 aromatic rings. The summed E-state index contributed by atoms with van der Waals surface area (Å²) in [7, 11) is 0. The van der Waals surface area contributed by atoms with E-state index in [9.17, 15) is 10.1 Å². The first-order valence-corrected chi connectivity index (χ1v) is 10.8. The lowest BCUT2D eigenvalue weighted by atomic mass is 10.0. The Hall–Kier alpha value is -4.02. The number of hydrogen-bond acceptors (Lipinski definition) is 9. The molecule has 0 radical (unpaired) electrons. The van der Waals surface area contributed by atoms with Gasteiger partial charge in [0, 0.05) is 53.9 Å². The maximum Gasteiger partial charge on any atom is 0.311 e. The molecule has 34 heavy (non-hydrogen) atoms. The molecule has 0 fully saturated rings. The summed E-state index contributed by atoms with van der Waals surface area (Å²) in [5.41, 5.74) is 8.43. The van der Waals surface area contributed by atoms with Crippen molar-refractivity contribution in [3.05, 3.63) is 81.2 Å². The van der Waals surface area contributed by atoms with Crippen molar-refractivity contribution in [3.63, 3.8) is 0 Å². The van der Waals surface area contributed by atoms with E-state index >= 15 is 0 Å². The van der Waals surface area contributed by atoms with E-state index < -0.39 is 4.92 Å². The van der Waals surface area contributed by atoms with Crippen molar-refractivity contribution < 1.29 is 4.92 Å². The van der Waals surface area contributed by atoms with Crippen LogP contribution in [-0.4, -0.2) is 37.9 Å². The predicted octanol–water partition coefficient (Wildman–Crippen LogP) is 4.92. The van der Waals surface area contributed by atoms with Crippen molar-refractivity contribution in [3.8, 4) is 22.4 Å². The molecule has 0 saturated heterocycles. The summed E-state index contributed by atoms with van der Waals surface area (Å²) in [5.74, 6) is 0.673. The van der Waals surface area contributed by atoms with Gasteiger partial charge in [-0.1, -0.05) is 23.2 Å². The van der Waals surface area contributed by atoms with Gasteiger partial charge in [-0.2, -0.15) is 0 Å². The van der Waals surface area contributed by atoms with Gasteiger partial charge >= 0.3 is 5.69 Å². The van der Waals surface area contributed by atoms with Crippen LogP contribution in [0.25, 0.3) is 22.4 Å². The lowest BCUT2D eigenvalue weighted by molar-refractivity contribution is -0.384. The second-order valence-electron chi connectivity index (χ2n) is 7.03. The number of anilines is 3. The summed E-state index contributed by atoms with van der Waals surface area (Å²) < 4.78 is 0. The third-order valence-corrected chi connectivity index (χ3v) is 5.33. The minimum Gasteiger partial charge on any atom is -0.378 e. The molecule has 0 aliphatic heterocycles. The van der Waals surface area contributed by atoms with Gasteiger partial charge in [0.05, 0.1) is 15.6 Å². The maximum absolute atomic E-state index is 10.9.